The quantitative estimate of drug-likeness (QED) is 0.219. The monoisotopic (exact) mass is 267 g/mol. The number of hydrogen-bond acceptors (Lipinski definition) is 4. The third kappa shape index (κ3) is 4.61. The van der Waals surface area contributed by atoms with Gasteiger partial charge in [0.15, 0.2) is 5.84 Å². The minimum Gasteiger partial charge on any atom is -0.409 e. The molecule has 106 valence electrons. The second-order valence-corrected chi connectivity index (χ2v) is 4.69. The zero-order valence-corrected chi connectivity index (χ0v) is 11.3. The molecule has 0 saturated heterocycles. The summed E-state index contributed by atoms with van der Waals surface area (Å²) in [6.45, 7) is 5.04. The molecule has 0 aliphatic carbocycles. The number of aryl methyl sites for hydroxylation is 1. The predicted octanol–water partition coefficient (Wildman–Crippen LogP) is 0.408. The Hall–Kier alpha value is -2.05. The van der Waals surface area contributed by atoms with E-state index in [-0.39, 0.29) is 17.7 Å². The number of hydrogen-bond donors (Lipinski definition) is 3. The highest BCUT2D eigenvalue weighted by Crippen LogP contribution is 2.11. The average molecular weight is 267 g/mol. The molecule has 1 atom stereocenters. The molecule has 0 aliphatic rings. The highest BCUT2D eigenvalue weighted by molar-refractivity contribution is 6.02. The van der Waals surface area contributed by atoms with Crippen LogP contribution in [0.1, 0.15) is 20.3 Å². The van der Waals surface area contributed by atoms with E-state index in [0.717, 1.165) is 13.0 Å². The number of oxime groups is 1. The zero-order chi connectivity index (χ0) is 14.3. The van der Waals surface area contributed by atoms with E-state index in [0.29, 0.717) is 6.54 Å². The van der Waals surface area contributed by atoms with Gasteiger partial charge in [0, 0.05) is 25.5 Å². The summed E-state index contributed by atoms with van der Waals surface area (Å²) in [5, 5.41) is 14.4. The number of rotatable bonds is 7. The summed E-state index contributed by atoms with van der Waals surface area (Å²) < 4.78 is 1.94. The van der Waals surface area contributed by atoms with Crippen molar-refractivity contribution in [2.75, 3.05) is 6.54 Å². The largest absolute Gasteiger partial charge is 0.409 e. The number of carbonyl (C=O) groups is 1. The third-order valence-corrected chi connectivity index (χ3v) is 2.83. The maximum absolute atomic E-state index is 11.9. The van der Waals surface area contributed by atoms with Crippen molar-refractivity contribution in [3.8, 4) is 0 Å². The molecule has 0 aliphatic heterocycles. The first-order chi connectivity index (χ1) is 9.06. The van der Waals surface area contributed by atoms with E-state index in [1.54, 1.807) is 12.5 Å². The topological polar surface area (TPSA) is 106 Å². The Kier molecular flexibility index (Phi) is 5.84. The maximum atomic E-state index is 11.9. The highest BCUT2D eigenvalue weighted by Gasteiger charge is 2.26. The van der Waals surface area contributed by atoms with Crippen LogP contribution in [0.2, 0.25) is 0 Å². The number of imidazole rings is 1. The highest BCUT2D eigenvalue weighted by atomic mass is 16.4. The van der Waals surface area contributed by atoms with Gasteiger partial charge in [0.1, 0.15) is 5.92 Å². The summed E-state index contributed by atoms with van der Waals surface area (Å²) in [5.41, 5.74) is 5.53. The van der Waals surface area contributed by atoms with Crippen molar-refractivity contribution in [3.63, 3.8) is 0 Å². The number of nitrogens with zero attached hydrogens (tertiary/aromatic N) is 3. The summed E-state index contributed by atoms with van der Waals surface area (Å²) >= 11 is 0. The van der Waals surface area contributed by atoms with E-state index in [4.69, 9.17) is 10.9 Å². The van der Waals surface area contributed by atoms with Gasteiger partial charge in [0.05, 0.1) is 6.33 Å². The Morgan fingerprint density at radius 3 is 2.84 bits per heavy atom. The minimum atomic E-state index is -0.599. The van der Waals surface area contributed by atoms with Crippen molar-refractivity contribution < 1.29 is 10.0 Å². The molecule has 1 heterocycles. The Labute approximate surface area is 112 Å². The summed E-state index contributed by atoms with van der Waals surface area (Å²) in [4.78, 5) is 15.9. The Morgan fingerprint density at radius 2 is 2.32 bits per heavy atom. The number of nitrogens with two attached hydrogens (primary N) is 1. The molecule has 1 rings (SSSR count). The molecular formula is C12H21N5O2. The fourth-order valence-corrected chi connectivity index (χ4v) is 1.84. The SMILES string of the molecule is CC(C)C(C(=O)NCCCn1ccnc1)C(N)=NO. The first-order valence-electron chi connectivity index (χ1n) is 6.27. The fraction of sp³-hybridized carbons (Fsp3) is 0.583. The number of carbonyl (C=O) groups excluding carboxylic acids is 1. The molecule has 0 aromatic carbocycles. The van der Waals surface area contributed by atoms with Gasteiger partial charge < -0.3 is 20.8 Å². The van der Waals surface area contributed by atoms with Gasteiger partial charge in [-0.3, -0.25) is 4.79 Å². The summed E-state index contributed by atoms with van der Waals surface area (Å²) in [6.07, 6.45) is 6.11. The summed E-state index contributed by atoms with van der Waals surface area (Å²) in [6, 6.07) is 0. The van der Waals surface area contributed by atoms with Gasteiger partial charge in [-0.1, -0.05) is 19.0 Å². The average Bonchev–Trinajstić information content (AvgIpc) is 2.87. The molecule has 19 heavy (non-hydrogen) atoms. The Morgan fingerprint density at radius 1 is 1.58 bits per heavy atom. The molecule has 0 fully saturated rings. The van der Waals surface area contributed by atoms with Crippen LogP contribution in [-0.4, -0.2) is 33.0 Å². The van der Waals surface area contributed by atoms with Crippen LogP contribution in [0.15, 0.2) is 23.9 Å². The van der Waals surface area contributed by atoms with E-state index >= 15 is 0 Å². The van der Waals surface area contributed by atoms with Gasteiger partial charge in [-0.05, 0) is 12.3 Å². The molecule has 0 radical (unpaired) electrons. The second-order valence-electron chi connectivity index (χ2n) is 4.69. The number of amides is 1. The molecule has 0 bridgehead atoms. The normalized spacial score (nSPS) is 13.5. The molecule has 0 saturated carbocycles. The van der Waals surface area contributed by atoms with E-state index in [1.165, 1.54) is 0 Å². The van der Waals surface area contributed by atoms with E-state index in [1.807, 2.05) is 24.6 Å². The van der Waals surface area contributed by atoms with Crippen LogP contribution in [0, 0.1) is 11.8 Å². The van der Waals surface area contributed by atoms with Crippen LogP contribution >= 0.6 is 0 Å². The lowest BCUT2D eigenvalue weighted by Crippen LogP contribution is -2.42. The number of nitrogens with one attached hydrogen (secondary N) is 1. The van der Waals surface area contributed by atoms with Crippen LogP contribution < -0.4 is 11.1 Å². The molecule has 4 N–H and O–H groups in total. The van der Waals surface area contributed by atoms with Gasteiger partial charge in [0.25, 0.3) is 0 Å². The van der Waals surface area contributed by atoms with E-state index < -0.39 is 5.92 Å². The van der Waals surface area contributed by atoms with Gasteiger partial charge in [-0.2, -0.15) is 0 Å². The van der Waals surface area contributed by atoms with Crippen LogP contribution in [0.5, 0.6) is 0 Å². The molecule has 1 aromatic heterocycles. The van der Waals surface area contributed by atoms with Crippen LogP contribution in [0.4, 0.5) is 0 Å². The molecular weight excluding hydrogens is 246 g/mol. The minimum absolute atomic E-state index is 0.0236. The first-order valence-corrected chi connectivity index (χ1v) is 6.27. The van der Waals surface area contributed by atoms with Crippen LogP contribution in [0.25, 0.3) is 0 Å². The molecule has 1 aromatic rings. The van der Waals surface area contributed by atoms with Crippen molar-refractivity contribution >= 4 is 11.7 Å². The second kappa shape index (κ2) is 7.40. The number of amidine groups is 1. The lowest BCUT2D eigenvalue weighted by atomic mass is 9.94. The zero-order valence-electron chi connectivity index (χ0n) is 11.3. The molecule has 1 amide bonds. The van der Waals surface area contributed by atoms with Gasteiger partial charge in [0.2, 0.25) is 5.91 Å². The van der Waals surface area contributed by atoms with E-state index in [2.05, 4.69) is 15.5 Å². The lowest BCUT2D eigenvalue weighted by Gasteiger charge is -2.18. The molecule has 1 unspecified atom stereocenters. The maximum Gasteiger partial charge on any atom is 0.231 e. The Bertz CT molecular complexity index is 414. The van der Waals surface area contributed by atoms with Crippen LogP contribution in [-0.2, 0) is 11.3 Å². The summed E-state index contributed by atoms with van der Waals surface area (Å²) in [5.74, 6) is -0.888. The third-order valence-electron chi connectivity index (χ3n) is 2.83. The molecule has 7 heteroatoms. The predicted molar refractivity (Wildman–Crippen MR) is 71.6 cm³/mol. The molecule has 7 nitrogen and oxygen atoms in total. The molecule has 0 spiro atoms. The Balaban J connectivity index is 2.36. The first kappa shape index (κ1) is 15.0. The van der Waals surface area contributed by atoms with Crippen molar-refractivity contribution in [1.82, 2.24) is 14.9 Å². The van der Waals surface area contributed by atoms with Crippen molar-refractivity contribution in [1.29, 1.82) is 0 Å². The fourth-order valence-electron chi connectivity index (χ4n) is 1.84. The van der Waals surface area contributed by atoms with E-state index in [9.17, 15) is 4.79 Å². The van der Waals surface area contributed by atoms with Gasteiger partial charge >= 0.3 is 0 Å². The number of aromatic nitrogens is 2. The summed E-state index contributed by atoms with van der Waals surface area (Å²) in [7, 11) is 0. The standard InChI is InChI=1S/C12H21N5O2/c1-9(2)10(11(13)16-19)12(18)15-4-3-6-17-7-5-14-8-17/h5,7-10,19H,3-4,6H2,1-2H3,(H2,13,16)(H,15,18). The van der Waals surface area contributed by atoms with Crippen molar-refractivity contribution in [3.05, 3.63) is 18.7 Å². The van der Waals surface area contributed by atoms with Gasteiger partial charge in [-0.15, -0.1) is 0 Å². The van der Waals surface area contributed by atoms with Crippen molar-refractivity contribution in [2.45, 2.75) is 26.8 Å². The van der Waals surface area contributed by atoms with Crippen molar-refractivity contribution in [2.24, 2.45) is 22.7 Å². The lowest BCUT2D eigenvalue weighted by molar-refractivity contribution is -0.124. The smallest absolute Gasteiger partial charge is 0.231 e. The van der Waals surface area contributed by atoms with Crippen LogP contribution in [0.3, 0.4) is 0 Å². The van der Waals surface area contributed by atoms with Gasteiger partial charge in [-0.25, -0.2) is 4.98 Å².